The molecule has 3 heteroatoms. The van der Waals surface area contributed by atoms with Crippen molar-refractivity contribution in [2.24, 2.45) is 0 Å². The fourth-order valence-corrected chi connectivity index (χ4v) is 2.09. The van der Waals surface area contributed by atoms with E-state index in [0.29, 0.717) is 17.9 Å². The van der Waals surface area contributed by atoms with Crippen molar-refractivity contribution in [1.82, 2.24) is 5.32 Å². The average Bonchev–Trinajstić information content (AvgIpc) is 2.38. The number of hydrogen-bond acceptors (Lipinski definition) is 2. The second-order valence-electron chi connectivity index (χ2n) is 4.81. The first-order valence-electron chi connectivity index (χ1n) is 6.73. The van der Waals surface area contributed by atoms with E-state index in [-0.39, 0.29) is 5.91 Å². The summed E-state index contributed by atoms with van der Waals surface area (Å²) in [7, 11) is 0. The highest BCUT2D eigenvalue weighted by Crippen LogP contribution is 2.24. The van der Waals surface area contributed by atoms with Crippen LogP contribution in [0.2, 0.25) is 0 Å². The molecule has 0 aromatic heterocycles. The van der Waals surface area contributed by atoms with Crippen LogP contribution in [0.3, 0.4) is 0 Å². The lowest BCUT2D eigenvalue weighted by atomic mass is 10.1. The molecule has 0 bridgehead atoms. The molecule has 0 unspecified atom stereocenters. The van der Waals surface area contributed by atoms with Gasteiger partial charge in [-0.1, -0.05) is 12.1 Å². The lowest BCUT2D eigenvalue weighted by molar-refractivity contribution is 0.0955. The molecule has 20 heavy (non-hydrogen) atoms. The van der Waals surface area contributed by atoms with Gasteiger partial charge < -0.3 is 10.1 Å². The first-order chi connectivity index (χ1) is 9.58. The Balaban J connectivity index is 2.21. The fraction of sp³-hybridized carbons (Fsp3) is 0.235. The van der Waals surface area contributed by atoms with Gasteiger partial charge in [0.1, 0.15) is 11.5 Å². The van der Waals surface area contributed by atoms with Gasteiger partial charge in [0, 0.05) is 12.1 Å². The van der Waals surface area contributed by atoms with Crippen LogP contribution in [0.1, 0.15) is 28.4 Å². The summed E-state index contributed by atoms with van der Waals surface area (Å²) >= 11 is 0. The van der Waals surface area contributed by atoms with Crippen molar-refractivity contribution in [1.29, 1.82) is 0 Å². The lowest BCUT2D eigenvalue weighted by Gasteiger charge is -2.09. The van der Waals surface area contributed by atoms with Crippen molar-refractivity contribution in [3.8, 4) is 11.5 Å². The monoisotopic (exact) mass is 269 g/mol. The Labute approximate surface area is 119 Å². The zero-order valence-corrected chi connectivity index (χ0v) is 12.1. The Morgan fingerprint density at radius 3 is 2.40 bits per heavy atom. The van der Waals surface area contributed by atoms with E-state index >= 15 is 0 Å². The van der Waals surface area contributed by atoms with Crippen LogP contribution in [-0.2, 0) is 0 Å². The number of amides is 1. The first-order valence-corrected chi connectivity index (χ1v) is 6.73. The quantitative estimate of drug-likeness (QED) is 0.915. The summed E-state index contributed by atoms with van der Waals surface area (Å²) in [6.45, 7) is 6.57. The van der Waals surface area contributed by atoms with Gasteiger partial charge in [0.25, 0.3) is 5.91 Å². The van der Waals surface area contributed by atoms with Crippen molar-refractivity contribution < 1.29 is 9.53 Å². The van der Waals surface area contributed by atoms with Crippen molar-refractivity contribution in [2.75, 3.05) is 6.54 Å². The standard InChI is InChI=1S/C17H19NO2/c1-4-18-17(19)14-6-5-7-15(11-14)20-16-9-12(2)8-13(3)10-16/h5-11H,4H2,1-3H3,(H,18,19). The van der Waals surface area contributed by atoms with Gasteiger partial charge in [0.2, 0.25) is 0 Å². The normalized spacial score (nSPS) is 10.2. The number of benzene rings is 2. The number of ether oxygens (including phenoxy) is 1. The van der Waals surface area contributed by atoms with Crippen LogP contribution in [0.4, 0.5) is 0 Å². The van der Waals surface area contributed by atoms with Crippen LogP contribution >= 0.6 is 0 Å². The van der Waals surface area contributed by atoms with Crippen molar-refractivity contribution in [3.63, 3.8) is 0 Å². The van der Waals surface area contributed by atoms with E-state index in [1.807, 2.05) is 45.0 Å². The fourth-order valence-electron chi connectivity index (χ4n) is 2.09. The molecular formula is C17H19NO2. The zero-order chi connectivity index (χ0) is 14.5. The Morgan fingerprint density at radius 1 is 1.05 bits per heavy atom. The second-order valence-corrected chi connectivity index (χ2v) is 4.81. The van der Waals surface area contributed by atoms with Crippen LogP contribution in [0.25, 0.3) is 0 Å². The summed E-state index contributed by atoms with van der Waals surface area (Å²) in [5.74, 6) is 1.37. The minimum atomic E-state index is -0.0848. The Bertz CT molecular complexity index is 600. The molecule has 0 spiro atoms. The van der Waals surface area contributed by atoms with Gasteiger partial charge in [-0.15, -0.1) is 0 Å². The third-order valence-corrected chi connectivity index (χ3v) is 2.86. The minimum Gasteiger partial charge on any atom is -0.457 e. The molecule has 2 aromatic rings. The Morgan fingerprint density at radius 2 is 1.75 bits per heavy atom. The van der Waals surface area contributed by atoms with E-state index in [1.54, 1.807) is 12.1 Å². The molecule has 0 aliphatic heterocycles. The second kappa shape index (κ2) is 6.24. The van der Waals surface area contributed by atoms with Crippen molar-refractivity contribution >= 4 is 5.91 Å². The molecule has 2 aromatic carbocycles. The molecule has 2 rings (SSSR count). The van der Waals surface area contributed by atoms with Gasteiger partial charge in [0.05, 0.1) is 0 Å². The summed E-state index contributed by atoms with van der Waals surface area (Å²) < 4.78 is 5.83. The molecule has 1 N–H and O–H groups in total. The van der Waals surface area contributed by atoms with Crippen molar-refractivity contribution in [2.45, 2.75) is 20.8 Å². The van der Waals surface area contributed by atoms with Crippen LogP contribution < -0.4 is 10.1 Å². The summed E-state index contributed by atoms with van der Waals surface area (Å²) in [5.41, 5.74) is 2.91. The Hall–Kier alpha value is -2.29. The van der Waals surface area contributed by atoms with Crippen LogP contribution in [-0.4, -0.2) is 12.5 Å². The summed E-state index contributed by atoms with van der Waals surface area (Å²) in [5, 5.41) is 2.78. The lowest BCUT2D eigenvalue weighted by Crippen LogP contribution is -2.22. The third-order valence-electron chi connectivity index (χ3n) is 2.86. The predicted octanol–water partition coefficient (Wildman–Crippen LogP) is 3.85. The number of nitrogens with one attached hydrogen (secondary N) is 1. The van der Waals surface area contributed by atoms with Crippen molar-refractivity contribution in [3.05, 3.63) is 59.2 Å². The minimum absolute atomic E-state index is 0.0848. The van der Waals surface area contributed by atoms with E-state index in [1.165, 1.54) is 0 Å². The molecule has 0 radical (unpaired) electrons. The van der Waals surface area contributed by atoms with Crippen LogP contribution in [0, 0.1) is 13.8 Å². The van der Waals surface area contributed by atoms with E-state index in [4.69, 9.17) is 4.74 Å². The first kappa shape index (κ1) is 14.1. The average molecular weight is 269 g/mol. The molecule has 0 saturated heterocycles. The molecule has 0 saturated carbocycles. The van der Waals surface area contributed by atoms with E-state index in [2.05, 4.69) is 11.4 Å². The number of carbonyl (C=O) groups is 1. The molecular weight excluding hydrogens is 250 g/mol. The van der Waals surface area contributed by atoms with Crippen LogP contribution in [0.5, 0.6) is 11.5 Å². The number of aryl methyl sites for hydroxylation is 2. The maximum absolute atomic E-state index is 11.8. The predicted molar refractivity (Wildman–Crippen MR) is 80.4 cm³/mol. The maximum Gasteiger partial charge on any atom is 0.251 e. The van der Waals surface area contributed by atoms with Gasteiger partial charge >= 0.3 is 0 Å². The van der Waals surface area contributed by atoms with E-state index in [9.17, 15) is 4.79 Å². The molecule has 1 amide bonds. The van der Waals surface area contributed by atoms with E-state index < -0.39 is 0 Å². The molecule has 3 nitrogen and oxygen atoms in total. The number of carbonyl (C=O) groups excluding carboxylic acids is 1. The molecule has 0 aliphatic rings. The molecule has 0 atom stereocenters. The Kier molecular flexibility index (Phi) is 4.41. The summed E-state index contributed by atoms with van der Waals surface area (Å²) in [6, 6.07) is 13.3. The highest BCUT2D eigenvalue weighted by molar-refractivity contribution is 5.94. The summed E-state index contributed by atoms with van der Waals surface area (Å²) in [4.78, 5) is 11.8. The highest BCUT2D eigenvalue weighted by atomic mass is 16.5. The van der Waals surface area contributed by atoms with E-state index in [0.717, 1.165) is 16.9 Å². The highest BCUT2D eigenvalue weighted by Gasteiger charge is 2.06. The topological polar surface area (TPSA) is 38.3 Å². The SMILES string of the molecule is CCNC(=O)c1cccc(Oc2cc(C)cc(C)c2)c1. The molecule has 0 fully saturated rings. The zero-order valence-electron chi connectivity index (χ0n) is 12.1. The maximum atomic E-state index is 11.8. The molecule has 104 valence electrons. The van der Waals surface area contributed by atoms with Gasteiger partial charge in [-0.25, -0.2) is 0 Å². The smallest absolute Gasteiger partial charge is 0.251 e. The van der Waals surface area contributed by atoms with Crippen LogP contribution in [0.15, 0.2) is 42.5 Å². The van der Waals surface area contributed by atoms with Gasteiger partial charge in [-0.2, -0.15) is 0 Å². The third kappa shape index (κ3) is 3.60. The molecule has 0 aliphatic carbocycles. The summed E-state index contributed by atoms with van der Waals surface area (Å²) in [6.07, 6.45) is 0. The molecule has 0 heterocycles. The largest absolute Gasteiger partial charge is 0.457 e. The van der Waals surface area contributed by atoms with Gasteiger partial charge in [-0.05, 0) is 62.2 Å². The van der Waals surface area contributed by atoms with Gasteiger partial charge in [0.15, 0.2) is 0 Å². The van der Waals surface area contributed by atoms with Gasteiger partial charge in [-0.3, -0.25) is 4.79 Å². The number of hydrogen-bond donors (Lipinski definition) is 1. The number of rotatable bonds is 4.